The van der Waals surface area contributed by atoms with Gasteiger partial charge in [0.15, 0.2) is 0 Å². The lowest BCUT2D eigenvalue weighted by atomic mass is 10.1. The van der Waals surface area contributed by atoms with Crippen molar-refractivity contribution < 1.29 is 27.9 Å². The van der Waals surface area contributed by atoms with Gasteiger partial charge in [-0.1, -0.05) is 11.6 Å². The number of phenolic OH excluding ortho intramolecular Hbond substituents is 1. The number of phenols is 1. The molecule has 0 aliphatic rings. The van der Waals surface area contributed by atoms with E-state index in [1.54, 1.807) is 0 Å². The molecule has 0 atom stereocenters. The first-order valence-corrected chi connectivity index (χ1v) is 7.79. The lowest BCUT2D eigenvalue weighted by Crippen LogP contribution is -2.22. The summed E-state index contributed by atoms with van der Waals surface area (Å²) in [6.45, 7) is 0. The fraction of sp³-hybridized carbons (Fsp3) is 0.111. The maximum atomic E-state index is 13.7. The second-order valence-electron chi connectivity index (χ2n) is 5.54. The van der Waals surface area contributed by atoms with Gasteiger partial charge in [0, 0.05) is 22.4 Å². The van der Waals surface area contributed by atoms with Crippen LogP contribution in [0.3, 0.4) is 0 Å². The number of aldehydes is 1. The number of hydrogen-bond acceptors (Lipinski definition) is 3. The summed E-state index contributed by atoms with van der Waals surface area (Å²) in [5.41, 5.74) is -1.64. The zero-order chi connectivity index (χ0) is 19.1. The summed E-state index contributed by atoms with van der Waals surface area (Å²) in [5.74, 6) is -1.18. The van der Waals surface area contributed by atoms with E-state index in [2.05, 4.69) is 0 Å². The smallest absolute Gasteiger partial charge is 0.432 e. The van der Waals surface area contributed by atoms with Gasteiger partial charge in [0.2, 0.25) is 0 Å². The normalized spacial score (nSPS) is 11.7. The molecule has 1 N–H and O–H groups in total. The standard InChI is InChI=1S/C18H11ClF3NO3/c19-11-3-1-10(2-4-11)17(26)23-15-6-5-12(25)9-14(15)13(7-8-24)16(23)18(20,21)22/h1-6,8-9,25H,7H2. The number of hydrogen-bond donors (Lipinski definition) is 1. The molecule has 0 amide bonds. The largest absolute Gasteiger partial charge is 0.508 e. The Hall–Kier alpha value is -2.80. The molecule has 0 unspecified atom stereocenters. The van der Waals surface area contributed by atoms with Crippen LogP contribution in [-0.4, -0.2) is 21.9 Å². The lowest BCUT2D eigenvalue weighted by Gasteiger charge is -2.13. The van der Waals surface area contributed by atoms with Crippen LogP contribution in [0, 0.1) is 0 Å². The molecule has 0 saturated heterocycles. The molecular weight excluding hydrogens is 371 g/mol. The molecule has 8 heteroatoms. The van der Waals surface area contributed by atoms with Crippen LogP contribution in [0.25, 0.3) is 10.9 Å². The summed E-state index contributed by atoms with van der Waals surface area (Å²) in [6, 6.07) is 8.92. The van der Waals surface area contributed by atoms with Gasteiger partial charge in [-0.2, -0.15) is 13.2 Å². The molecule has 134 valence electrons. The number of aromatic nitrogens is 1. The number of nitrogens with zero attached hydrogens (tertiary/aromatic N) is 1. The lowest BCUT2D eigenvalue weighted by molar-refractivity contribution is -0.142. The molecule has 3 aromatic rings. The van der Waals surface area contributed by atoms with E-state index in [4.69, 9.17) is 11.6 Å². The molecule has 4 nitrogen and oxygen atoms in total. The Morgan fingerprint density at radius 3 is 2.38 bits per heavy atom. The molecule has 0 aliphatic carbocycles. The van der Waals surface area contributed by atoms with Gasteiger partial charge in [-0.25, -0.2) is 0 Å². The molecule has 0 radical (unpaired) electrons. The van der Waals surface area contributed by atoms with E-state index >= 15 is 0 Å². The highest BCUT2D eigenvalue weighted by Crippen LogP contribution is 2.39. The Labute approximate surface area is 150 Å². The van der Waals surface area contributed by atoms with E-state index in [1.807, 2.05) is 0 Å². The van der Waals surface area contributed by atoms with E-state index in [0.717, 1.165) is 6.07 Å². The van der Waals surface area contributed by atoms with Crippen molar-refractivity contribution in [2.24, 2.45) is 0 Å². The third kappa shape index (κ3) is 3.06. The van der Waals surface area contributed by atoms with Gasteiger partial charge in [-0.3, -0.25) is 9.36 Å². The average Bonchev–Trinajstić information content (AvgIpc) is 2.89. The summed E-state index contributed by atoms with van der Waals surface area (Å²) >= 11 is 5.76. The predicted molar refractivity (Wildman–Crippen MR) is 89.6 cm³/mol. The van der Waals surface area contributed by atoms with Crippen molar-refractivity contribution in [2.45, 2.75) is 12.6 Å². The minimum Gasteiger partial charge on any atom is -0.508 e. The Bertz CT molecular complexity index is 1010. The Balaban J connectivity index is 2.37. The van der Waals surface area contributed by atoms with Crippen LogP contribution in [0.15, 0.2) is 42.5 Å². The van der Waals surface area contributed by atoms with E-state index in [-0.39, 0.29) is 27.8 Å². The van der Waals surface area contributed by atoms with E-state index in [0.29, 0.717) is 15.9 Å². The third-order valence-corrected chi connectivity index (χ3v) is 4.16. The van der Waals surface area contributed by atoms with E-state index in [1.165, 1.54) is 36.4 Å². The summed E-state index contributed by atoms with van der Waals surface area (Å²) in [4.78, 5) is 23.7. The van der Waals surface area contributed by atoms with Crippen molar-refractivity contribution in [3.8, 4) is 5.75 Å². The molecule has 1 aromatic heterocycles. The van der Waals surface area contributed by atoms with E-state index < -0.39 is 24.2 Å². The predicted octanol–water partition coefficient (Wildman–Crippen LogP) is 4.45. The minimum atomic E-state index is -4.88. The average molecular weight is 382 g/mol. The first-order valence-electron chi connectivity index (χ1n) is 7.41. The van der Waals surface area contributed by atoms with Crippen molar-refractivity contribution in [2.75, 3.05) is 0 Å². The highest BCUT2D eigenvalue weighted by atomic mass is 35.5. The van der Waals surface area contributed by atoms with Crippen LogP contribution in [0.4, 0.5) is 13.2 Å². The number of carbonyl (C=O) groups is 2. The highest BCUT2D eigenvalue weighted by Gasteiger charge is 2.40. The number of benzene rings is 2. The number of halogens is 4. The van der Waals surface area contributed by atoms with Gasteiger partial charge in [-0.15, -0.1) is 0 Å². The molecule has 0 bridgehead atoms. The van der Waals surface area contributed by atoms with Crippen LogP contribution in [0.1, 0.15) is 21.6 Å². The first kappa shape index (κ1) is 18.0. The molecular formula is C18H11ClF3NO3. The molecule has 0 saturated carbocycles. The zero-order valence-corrected chi connectivity index (χ0v) is 13.8. The van der Waals surface area contributed by atoms with Crippen molar-refractivity contribution in [1.82, 2.24) is 4.57 Å². The first-order chi connectivity index (χ1) is 12.2. The topological polar surface area (TPSA) is 59.3 Å². The van der Waals surface area contributed by atoms with Gasteiger partial charge in [-0.05, 0) is 48.0 Å². The van der Waals surface area contributed by atoms with Gasteiger partial charge < -0.3 is 9.90 Å². The Kier molecular flexibility index (Phi) is 4.50. The molecule has 1 heterocycles. The molecule has 0 fully saturated rings. The molecule has 26 heavy (non-hydrogen) atoms. The maximum Gasteiger partial charge on any atom is 0.432 e. The van der Waals surface area contributed by atoms with Gasteiger partial charge in [0.1, 0.15) is 17.7 Å². The highest BCUT2D eigenvalue weighted by molar-refractivity contribution is 6.30. The van der Waals surface area contributed by atoms with E-state index in [9.17, 15) is 27.9 Å². The second kappa shape index (κ2) is 6.49. The number of rotatable bonds is 3. The number of alkyl halides is 3. The van der Waals surface area contributed by atoms with Gasteiger partial charge in [0.05, 0.1) is 5.52 Å². The Morgan fingerprint density at radius 2 is 1.81 bits per heavy atom. The number of carbonyl (C=O) groups excluding carboxylic acids is 2. The SMILES string of the molecule is O=CCc1c(C(F)(F)F)n(C(=O)c2ccc(Cl)cc2)c2ccc(O)cc12. The van der Waals surface area contributed by atoms with Gasteiger partial charge >= 0.3 is 6.18 Å². The monoisotopic (exact) mass is 381 g/mol. The number of fused-ring (bicyclic) bond motifs is 1. The maximum absolute atomic E-state index is 13.7. The van der Waals surface area contributed by atoms with Crippen LogP contribution in [-0.2, 0) is 17.4 Å². The quantitative estimate of drug-likeness (QED) is 0.682. The zero-order valence-electron chi connectivity index (χ0n) is 13.0. The molecule has 0 aliphatic heterocycles. The fourth-order valence-electron chi connectivity index (χ4n) is 2.86. The minimum absolute atomic E-state index is 0.00234. The summed E-state index contributed by atoms with van der Waals surface area (Å²) in [7, 11) is 0. The molecule has 0 spiro atoms. The van der Waals surface area contributed by atoms with Crippen molar-refractivity contribution in [1.29, 1.82) is 0 Å². The molecule has 3 rings (SSSR count). The number of aromatic hydroxyl groups is 1. The van der Waals surface area contributed by atoms with Crippen LogP contribution in [0.5, 0.6) is 5.75 Å². The summed E-state index contributed by atoms with van der Waals surface area (Å²) < 4.78 is 41.7. The van der Waals surface area contributed by atoms with Crippen LogP contribution < -0.4 is 0 Å². The van der Waals surface area contributed by atoms with Crippen molar-refractivity contribution in [3.63, 3.8) is 0 Å². The Morgan fingerprint density at radius 1 is 1.15 bits per heavy atom. The third-order valence-electron chi connectivity index (χ3n) is 3.91. The second-order valence-corrected chi connectivity index (χ2v) is 5.98. The van der Waals surface area contributed by atoms with Crippen LogP contribution in [0.2, 0.25) is 5.02 Å². The molecule has 2 aromatic carbocycles. The fourth-order valence-corrected chi connectivity index (χ4v) is 2.99. The van der Waals surface area contributed by atoms with Crippen molar-refractivity contribution in [3.05, 3.63) is 64.3 Å². The van der Waals surface area contributed by atoms with Crippen LogP contribution >= 0.6 is 11.6 Å². The summed E-state index contributed by atoms with van der Waals surface area (Å²) in [5, 5.41) is 9.96. The van der Waals surface area contributed by atoms with Gasteiger partial charge in [0.25, 0.3) is 5.91 Å². The van der Waals surface area contributed by atoms with Crippen molar-refractivity contribution >= 4 is 34.7 Å². The summed E-state index contributed by atoms with van der Waals surface area (Å²) in [6.07, 6.45) is -5.10.